The second-order valence-corrected chi connectivity index (χ2v) is 9.87. The number of aromatic nitrogens is 5. The Morgan fingerprint density at radius 3 is 2.66 bits per heavy atom. The average molecular weight is 470 g/mol. The van der Waals surface area contributed by atoms with Gasteiger partial charge in [-0.05, 0) is 71.2 Å². The number of nitrogens with one attached hydrogen (secondary N) is 1. The zero-order valence-electron chi connectivity index (χ0n) is 19.6. The van der Waals surface area contributed by atoms with Crippen LogP contribution in [0.1, 0.15) is 40.7 Å². The fourth-order valence-electron chi connectivity index (χ4n) is 5.48. The van der Waals surface area contributed by atoms with Crippen molar-refractivity contribution in [2.45, 2.75) is 25.7 Å². The predicted octanol–water partition coefficient (Wildman–Crippen LogP) is 2.27. The quantitative estimate of drug-likeness (QED) is 0.615. The zero-order valence-corrected chi connectivity index (χ0v) is 19.6. The van der Waals surface area contributed by atoms with E-state index in [9.17, 15) is 9.59 Å². The topological polar surface area (TPSA) is 106 Å². The van der Waals surface area contributed by atoms with Crippen molar-refractivity contribution in [3.05, 3.63) is 65.0 Å². The summed E-state index contributed by atoms with van der Waals surface area (Å²) in [7, 11) is 1.72. The van der Waals surface area contributed by atoms with Crippen molar-refractivity contribution in [1.29, 1.82) is 0 Å². The summed E-state index contributed by atoms with van der Waals surface area (Å²) in [6, 6.07) is 9.35. The van der Waals surface area contributed by atoms with Crippen LogP contribution in [0, 0.1) is 11.3 Å². The van der Waals surface area contributed by atoms with E-state index in [2.05, 4.69) is 25.7 Å². The minimum atomic E-state index is 0.0241. The van der Waals surface area contributed by atoms with E-state index in [4.69, 9.17) is 0 Å². The number of fused-ring (bicyclic) bond motifs is 1. The normalized spacial score (nSPS) is 19.9. The molecule has 1 aromatic carbocycles. The van der Waals surface area contributed by atoms with Crippen molar-refractivity contribution in [3.63, 3.8) is 0 Å². The smallest absolute Gasteiger partial charge is 0.253 e. The highest BCUT2D eigenvalue weighted by atomic mass is 16.2. The van der Waals surface area contributed by atoms with E-state index in [0.717, 1.165) is 54.6 Å². The highest BCUT2D eigenvalue weighted by Gasteiger charge is 2.54. The van der Waals surface area contributed by atoms with Gasteiger partial charge in [0.15, 0.2) is 0 Å². The molecule has 2 aliphatic carbocycles. The third-order valence-corrected chi connectivity index (χ3v) is 7.76. The number of carbonyl (C=O) groups is 2. The van der Waals surface area contributed by atoms with Gasteiger partial charge in [0, 0.05) is 55.1 Å². The van der Waals surface area contributed by atoms with Gasteiger partial charge in [0.25, 0.3) is 5.91 Å². The molecule has 0 radical (unpaired) electrons. The Hall–Kier alpha value is -3.88. The van der Waals surface area contributed by atoms with Crippen LogP contribution in [0.3, 0.4) is 0 Å². The van der Waals surface area contributed by atoms with Gasteiger partial charge in [-0.2, -0.15) is 4.80 Å². The van der Waals surface area contributed by atoms with Gasteiger partial charge >= 0.3 is 0 Å². The lowest BCUT2D eigenvalue weighted by molar-refractivity contribution is -0.117. The second kappa shape index (κ2) is 8.41. The number of piperidine rings is 1. The maximum Gasteiger partial charge on any atom is 0.253 e. The van der Waals surface area contributed by atoms with Crippen molar-refractivity contribution in [2.24, 2.45) is 18.4 Å². The summed E-state index contributed by atoms with van der Waals surface area (Å²) in [6.45, 7) is 2.21. The summed E-state index contributed by atoms with van der Waals surface area (Å²) < 4.78 is 0. The lowest BCUT2D eigenvalue weighted by Crippen LogP contribution is -2.40. The molecule has 1 saturated heterocycles. The first-order valence-corrected chi connectivity index (χ1v) is 12.1. The fraction of sp³-hybridized carbons (Fsp3) is 0.385. The van der Waals surface area contributed by atoms with Crippen LogP contribution in [0.2, 0.25) is 0 Å². The average Bonchev–Trinajstić information content (AvgIpc) is 3.20. The van der Waals surface area contributed by atoms with Gasteiger partial charge in [-0.1, -0.05) is 12.1 Å². The van der Waals surface area contributed by atoms with E-state index in [0.29, 0.717) is 30.3 Å². The van der Waals surface area contributed by atoms with E-state index in [-0.39, 0.29) is 17.2 Å². The van der Waals surface area contributed by atoms with Gasteiger partial charge in [-0.15, -0.1) is 10.2 Å². The first kappa shape index (κ1) is 21.6. The lowest BCUT2D eigenvalue weighted by Gasteiger charge is -2.33. The highest BCUT2D eigenvalue weighted by molar-refractivity contribution is 6.00. The number of likely N-dealkylation sites (tertiary alicyclic amines) is 1. The Balaban J connectivity index is 0.992. The summed E-state index contributed by atoms with van der Waals surface area (Å²) in [5.41, 5.74) is 4.79. The van der Waals surface area contributed by atoms with E-state index in [1.54, 1.807) is 13.2 Å². The van der Waals surface area contributed by atoms with Gasteiger partial charge in [0.1, 0.15) is 0 Å². The molecule has 35 heavy (non-hydrogen) atoms. The van der Waals surface area contributed by atoms with Crippen molar-refractivity contribution >= 4 is 17.9 Å². The van der Waals surface area contributed by atoms with E-state index >= 15 is 0 Å². The van der Waals surface area contributed by atoms with Crippen molar-refractivity contribution in [1.82, 2.24) is 35.4 Å². The van der Waals surface area contributed by atoms with Crippen molar-refractivity contribution < 1.29 is 9.59 Å². The number of carbonyl (C=O) groups excluding carboxylic acids is 2. The number of nitrogens with zero attached hydrogens (tertiary/aromatic N) is 6. The summed E-state index contributed by atoms with van der Waals surface area (Å²) in [5, 5.41) is 15.2. The molecule has 0 bridgehead atoms. The van der Waals surface area contributed by atoms with E-state index in [1.807, 2.05) is 47.5 Å². The molecule has 178 valence electrons. The third-order valence-electron chi connectivity index (χ3n) is 7.76. The number of tetrazole rings is 1. The van der Waals surface area contributed by atoms with Crippen LogP contribution in [0.25, 0.3) is 17.5 Å². The molecule has 2 aromatic heterocycles. The van der Waals surface area contributed by atoms with Crippen LogP contribution < -0.4 is 5.32 Å². The Morgan fingerprint density at radius 2 is 1.94 bits per heavy atom. The first-order chi connectivity index (χ1) is 17.0. The molecular formula is C26H27N7O2. The number of aryl methyl sites for hydroxylation is 1. The maximum absolute atomic E-state index is 13.0. The molecule has 1 unspecified atom stereocenters. The molecule has 6 rings (SSSR count). The maximum atomic E-state index is 13.0. The summed E-state index contributed by atoms with van der Waals surface area (Å²) >= 11 is 0. The van der Waals surface area contributed by atoms with Gasteiger partial charge in [-0.25, -0.2) is 0 Å². The van der Waals surface area contributed by atoms with Crippen LogP contribution in [-0.2, 0) is 18.3 Å². The minimum Gasteiger partial charge on any atom is -0.352 e. The van der Waals surface area contributed by atoms with Crippen molar-refractivity contribution in [3.8, 4) is 11.4 Å². The van der Waals surface area contributed by atoms with Crippen LogP contribution in [0.4, 0.5) is 0 Å². The van der Waals surface area contributed by atoms with E-state index in [1.165, 1.54) is 4.80 Å². The number of rotatable bonds is 5. The Bertz CT molecular complexity index is 1320. The predicted molar refractivity (Wildman–Crippen MR) is 129 cm³/mol. The molecule has 1 spiro atoms. The van der Waals surface area contributed by atoms with E-state index < -0.39 is 0 Å². The molecule has 3 heterocycles. The highest BCUT2D eigenvalue weighted by Crippen LogP contribution is 2.59. The van der Waals surface area contributed by atoms with Crippen LogP contribution in [0.5, 0.6) is 0 Å². The number of amides is 2. The monoisotopic (exact) mass is 469 g/mol. The molecule has 2 amide bonds. The number of pyridine rings is 1. The van der Waals surface area contributed by atoms with Gasteiger partial charge < -0.3 is 10.2 Å². The number of benzene rings is 1. The van der Waals surface area contributed by atoms with Crippen LogP contribution >= 0.6 is 0 Å². The SMILES string of the molecule is Cn1nnc(-c2ccc(C(=O)N3CCC4(CC3)CC4CNC(=O)C3=Cc4ccncc4C3)cc2)n1. The summed E-state index contributed by atoms with van der Waals surface area (Å²) in [6.07, 6.45) is 9.31. The number of hydrogen-bond acceptors (Lipinski definition) is 6. The minimum absolute atomic E-state index is 0.0241. The molecule has 1 saturated carbocycles. The largest absolute Gasteiger partial charge is 0.352 e. The molecule has 2 fully saturated rings. The molecule has 9 nitrogen and oxygen atoms in total. The third kappa shape index (κ3) is 4.11. The Morgan fingerprint density at radius 1 is 1.14 bits per heavy atom. The second-order valence-electron chi connectivity index (χ2n) is 9.87. The molecule has 1 N–H and O–H groups in total. The molecule has 9 heteroatoms. The van der Waals surface area contributed by atoms with Gasteiger partial charge in [0.05, 0.1) is 7.05 Å². The number of hydrogen-bond donors (Lipinski definition) is 1. The standard InChI is InChI=1S/C26H27N7O2/c1-32-30-23(29-31-32)17-2-4-18(5-3-17)25(35)33-10-7-26(8-11-33)14-22(26)16-28-24(34)20-12-19-6-9-27-15-21(19)13-20/h2-6,9,12,15,22H,7-8,10-11,13-14,16H2,1H3,(H,28,34). The molecule has 3 aromatic rings. The van der Waals surface area contributed by atoms with Crippen molar-refractivity contribution in [2.75, 3.05) is 19.6 Å². The first-order valence-electron chi connectivity index (χ1n) is 12.1. The van der Waals surface area contributed by atoms with Crippen LogP contribution in [0.15, 0.2) is 48.3 Å². The zero-order chi connectivity index (χ0) is 24.0. The molecule has 1 aliphatic heterocycles. The molecular weight excluding hydrogens is 442 g/mol. The van der Waals surface area contributed by atoms with Gasteiger partial charge in [-0.3, -0.25) is 14.6 Å². The van der Waals surface area contributed by atoms with Crippen LogP contribution in [-0.4, -0.2) is 61.5 Å². The molecule has 1 atom stereocenters. The summed E-state index contributed by atoms with van der Waals surface area (Å²) in [4.78, 5) is 33.2. The van der Waals surface area contributed by atoms with Gasteiger partial charge in [0.2, 0.25) is 11.7 Å². The Labute approximate surface area is 203 Å². The Kier molecular flexibility index (Phi) is 5.20. The lowest BCUT2D eigenvalue weighted by atomic mass is 9.90. The fourth-order valence-corrected chi connectivity index (χ4v) is 5.48. The summed E-state index contributed by atoms with van der Waals surface area (Å²) in [5.74, 6) is 1.12. The molecule has 3 aliphatic rings.